The topological polar surface area (TPSA) is 133 Å². The molecule has 12 heteroatoms. The van der Waals surface area contributed by atoms with Crippen LogP contribution in [0.3, 0.4) is 0 Å². The monoisotopic (exact) mass is 553 g/mol. The second kappa shape index (κ2) is 10.5. The number of fused-ring (bicyclic) bond motifs is 2. The van der Waals surface area contributed by atoms with Crippen molar-refractivity contribution in [1.82, 2.24) is 39.2 Å². The number of aromatic nitrogens is 7. The minimum Gasteiger partial charge on any atom is -0.508 e. The predicted molar refractivity (Wildman–Crippen MR) is 153 cm³/mol. The van der Waals surface area contributed by atoms with Gasteiger partial charge < -0.3 is 24.9 Å². The van der Waals surface area contributed by atoms with E-state index in [1.807, 2.05) is 60.8 Å². The Morgan fingerprint density at radius 1 is 1.07 bits per heavy atom. The fourth-order valence-electron chi connectivity index (χ4n) is 4.90. The molecule has 41 heavy (non-hydrogen) atoms. The molecule has 1 aromatic carbocycles. The Bertz CT molecular complexity index is 1840. The minimum absolute atomic E-state index is 0.199. The van der Waals surface area contributed by atoms with Gasteiger partial charge in [0, 0.05) is 41.5 Å². The molecule has 0 saturated carbocycles. The molecule has 5 heterocycles. The van der Waals surface area contributed by atoms with Crippen LogP contribution >= 0.6 is 0 Å². The molecule has 0 spiro atoms. The number of ether oxygens (including phenoxy) is 1. The first kappa shape index (κ1) is 26.1. The van der Waals surface area contributed by atoms with Gasteiger partial charge in [-0.05, 0) is 57.4 Å². The van der Waals surface area contributed by atoms with Crippen LogP contribution in [0.1, 0.15) is 18.5 Å². The quantitative estimate of drug-likeness (QED) is 0.285. The molecular weight excluding hydrogens is 525 g/mol. The molecule has 0 amide bonds. The van der Waals surface area contributed by atoms with E-state index in [2.05, 4.69) is 26.2 Å². The van der Waals surface area contributed by atoms with E-state index >= 15 is 0 Å². The lowest BCUT2D eigenvalue weighted by Crippen LogP contribution is -2.19. The number of nitrogens with two attached hydrogens (primary N) is 1. The number of halogens is 1. The molecule has 6 aromatic rings. The van der Waals surface area contributed by atoms with Crippen LogP contribution in [-0.4, -0.2) is 71.6 Å². The van der Waals surface area contributed by atoms with Gasteiger partial charge in [0.05, 0.1) is 17.1 Å². The molecule has 0 saturated heterocycles. The highest BCUT2D eigenvalue weighted by Gasteiger charge is 2.25. The van der Waals surface area contributed by atoms with Crippen LogP contribution in [0.5, 0.6) is 11.6 Å². The molecular formula is C29H28FN9O2. The molecule has 3 N–H and O–H groups in total. The number of phenols is 1. The number of benzene rings is 1. The number of phenolic OH excluding ortho intramolecular Hbond substituents is 1. The van der Waals surface area contributed by atoms with Gasteiger partial charge in [0.1, 0.15) is 41.7 Å². The van der Waals surface area contributed by atoms with Gasteiger partial charge in [0.15, 0.2) is 5.65 Å². The maximum atomic E-state index is 14.3. The Morgan fingerprint density at radius 2 is 1.93 bits per heavy atom. The summed E-state index contributed by atoms with van der Waals surface area (Å²) in [4.78, 5) is 10.7. The molecule has 208 valence electrons. The van der Waals surface area contributed by atoms with E-state index in [9.17, 15) is 9.50 Å². The molecule has 6 rings (SSSR count). The van der Waals surface area contributed by atoms with Crippen LogP contribution in [0.25, 0.3) is 39.2 Å². The third kappa shape index (κ3) is 4.89. The van der Waals surface area contributed by atoms with Crippen LogP contribution in [0, 0.1) is 5.82 Å². The average molecular weight is 554 g/mol. The van der Waals surface area contributed by atoms with Crippen molar-refractivity contribution >= 4 is 22.4 Å². The van der Waals surface area contributed by atoms with Gasteiger partial charge in [-0.1, -0.05) is 6.07 Å². The molecule has 0 aliphatic rings. The van der Waals surface area contributed by atoms with E-state index in [-0.39, 0.29) is 17.6 Å². The van der Waals surface area contributed by atoms with Gasteiger partial charge in [-0.3, -0.25) is 0 Å². The Hall–Kier alpha value is -5.10. The normalized spacial score (nSPS) is 12.4. The molecule has 1 atom stereocenters. The number of nitrogen functional groups attached to an aromatic ring is 1. The lowest BCUT2D eigenvalue weighted by Gasteiger charge is -2.15. The van der Waals surface area contributed by atoms with Crippen LogP contribution in [-0.2, 0) is 0 Å². The minimum atomic E-state index is -0.597. The summed E-state index contributed by atoms with van der Waals surface area (Å²) in [7, 11) is 3.96. The molecule has 0 aliphatic carbocycles. The van der Waals surface area contributed by atoms with E-state index in [1.165, 1.54) is 18.5 Å². The summed E-state index contributed by atoms with van der Waals surface area (Å²) in [6.07, 6.45) is 3.33. The summed E-state index contributed by atoms with van der Waals surface area (Å²) in [6, 6.07) is 15.1. The van der Waals surface area contributed by atoms with Crippen molar-refractivity contribution in [3.63, 3.8) is 0 Å². The van der Waals surface area contributed by atoms with Crippen molar-refractivity contribution in [2.24, 2.45) is 0 Å². The van der Waals surface area contributed by atoms with Crippen molar-refractivity contribution in [3.8, 4) is 34.3 Å². The van der Waals surface area contributed by atoms with Gasteiger partial charge in [-0.15, -0.1) is 10.2 Å². The highest BCUT2D eigenvalue weighted by atomic mass is 19.1. The van der Waals surface area contributed by atoms with E-state index in [0.29, 0.717) is 40.5 Å². The molecule has 0 bridgehead atoms. The number of rotatable bonds is 8. The average Bonchev–Trinajstić information content (AvgIpc) is 3.53. The fourth-order valence-corrected chi connectivity index (χ4v) is 4.90. The summed E-state index contributed by atoms with van der Waals surface area (Å²) >= 11 is 0. The summed E-state index contributed by atoms with van der Waals surface area (Å²) < 4.78 is 23.8. The SMILES string of the molecule is CC(c1cc2ccccn2c1-c1ccc(OCCN(C)C)nn1)n1nc(-c2cc(O)cc(F)c2)c2c(N)ncnc21. The van der Waals surface area contributed by atoms with E-state index in [1.54, 1.807) is 10.7 Å². The number of hydrogen-bond donors (Lipinski definition) is 2. The highest BCUT2D eigenvalue weighted by molar-refractivity contribution is 5.98. The largest absolute Gasteiger partial charge is 0.508 e. The van der Waals surface area contributed by atoms with E-state index in [0.717, 1.165) is 29.4 Å². The lowest BCUT2D eigenvalue weighted by molar-refractivity contribution is 0.252. The van der Waals surface area contributed by atoms with Crippen LogP contribution in [0.2, 0.25) is 0 Å². The van der Waals surface area contributed by atoms with Crippen molar-refractivity contribution in [2.45, 2.75) is 13.0 Å². The number of hydrogen-bond acceptors (Lipinski definition) is 9. The number of nitrogens with zero attached hydrogens (tertiary/aromatic N) is 8. The summed E-state index contributed by atoms with van der Waals surface area (Å²) in [5, 5.41) is 24.2. The molecule has 0 radical (unpaired) electrons. The summed E-state index contributed by atoms with van der Waals surface area (Å²) in [5.74, 6) is -0.177. The standard InChI is InChI=1S/C29H28FN9O2/c1-17(39-29-25(28(31)32-16-33-29)26(36-39)18-12-19(30)14-21(40)13-18)22-15-20-6-4-5-9-38(20)27(22)23-7-8-24(35-34-23)41-11-10-37(2)3/h4-9,12-17,40H,10-11H2,1-3H3,(H2,31,32,33). The Morgan fingerprint density at radius 3 is 2.68 bits per heavy atom. The first-order valence-corrected chi connectivity index (χ1v) is 13.0. The number of aromatic hydroxyl groups is 1. The molecule has 5 aromatic heterocycles. The zero-order chi connectivity index (χ0) is 28.7. The fraction of sp³-hybridized carbons (Fsp3) is 0.207. The summed E-state index contributed by atoms with van der Waals surface area (Å²) in [6.45, 7) is 3.25. The van der Waals surface area contributed by atoms with Crippen LogP contribution < -0.4 is 10.5 Å². The second-order valence-corrected chi connectivity index (χ2v) is 9.98. The van der Waals surface area contributed by atoms with E-state index in [4.69, 9.17) is 15.6 Å². The van der Waals surface area contributed by atoms with Gasteiger partial charge >= 0.3 is 0 Å². The Kier molecular flexibility index (Phi) is 6.67. The number of anilines is 1. The molecule has 0 aliphatic heterocycles. The Balaban J connectivity index is 1.47. The molecule has 1 unspecified atom stereocenters. The first-order chi connectivity index (χ1) is 19.8. The number of pyridine rings is 1. The molecule has 11 nitrogen and oxygen atoms in total. The van der Waals surface area contributed by atoms with Gasteiger partial charge in [-0.25, -0.2) is 19.0 Å². The van der Waals surface area contributed by atoms with Gasteiger partial charge in [0.2, 0.25) is 5.88 Å². The highest BCUT2D eigenvalue weighted by Crippen LogP contribution is 2.37. The van der Waals surface area contributed by atoms with Crippen molar-refractivity contribution in [1.29, 1.82) is 0 Å². The molecule has 0 fully saturated rings. The lowest BCUT2D eigenvalue weighted by atomic mass is 10.1. The van der Waals surface area contributed by atoms with Crippen molar-refractivity contribution < 1.29 is 14.2 Å². The smallest absolute Gasteiger partial charge is 0.233 e. The predicted octanol–water partition coefficient (Wildman–Crippen LogP) is 4.18. The number of likely N-dealkylation sites (N-methyl/N-ethyl adjacent to an activating group) is 1. The zero-order valence-corrected chi connectivity index (χ0v) is 22.7. The van der Waals surface area contributed by atoms with Crippen LogP contribution in [0.4, 0.5) is 10.2 Å². The van der Waals surface area contributed by atoms with E-state index < -0.39 is 5.82 Å². The second-order valence-electron chi connectivity index (χ2n) is 9.98. The zero-order valence-electron chi connectivity index (χ0n) is 22.7. The summed E-state index contributed by atoms with van der Waals surface area (Å²) in [5.41, 5.74) is 10.8. The van der Waals surface area contributed by atoms with Gasteiger partial charge in [0.25, 0.3) is 0 Å². The third-order valence-electron chi connectivity index (χ3n) is 6.87. The van der Waals surface area contributed by atoms with Gasteiger partial charge in [-0.2, -0.15) is 5.10 Å². The maximum absolute atomic E-state index is 14.3. The first-order valence-electron chi connectivity index (χ1n) is 13.0. The van der Waals surface area contributed by atoms with Crippen molar-refractivity contribution in [3.05, 3.63) is 78.5 Å². The Labute approximate surface area is 234 Å². The third-order valence-corrected chi connectivity index (χ3v) is 6.87. The van der Waals surface area contributed by atoms with Crippen molar-refractivity contribution in [2.75, 3.05) is 33.0 Å². The maximum Gasteiger partial charge on any atom is 0.233 e. The van der Waals surface area contributed by atoms with Crippen LogP contribution in [0.15, 0.2) is 67.1 Å².